The van der Waals surface area contributed by atoms with Gasteiger partial charge < -0.3 is 5.73 Å². The molecule has 5 heteroatoms. The Kier molecular flexibility index (Phi) is 3.20. The first kappa shape index (κ1) is 10.9. The van der Waals surface area contributed by atoms with Gasteiger partial charge in [0, 0.05) is 24.8 Å². The lowest BCUT2D eigenvalue weighted by atomic mass is 10.2. The van der Waals surface area contributed by atoms with Crippen LogP contribution in [0.25, 0.3) is 0 Å². The molecule has 2 aromatic heterocycles. The molecule has 0 saturated heterocycles. The summed E-state index contributed by atoms with van der Waals surface area (Å²) < 4.78 is 0. The van der Waals surface area contributed by atoms with Gasteiger partial charge in [-0.3, -0.25) is 19.8 Å². The molecule has 0 saturated carbocycles. The Hall–Kier alpha value is -2.56. The molecule has 84 valence electrons. The van der Waals surface area contributed by atoms with E-state index in [1.165, 1.54) is 12.4 Å². The first-order chi connectivity index (χ1) is 8.27. The van der Waals surface area contributed by atoms with Crippen molar-refractivity contribution in [2.45, 2.75) is 0 Å². The van der Waals surface area contributed by atoms with E-state index >= 15 is 0 Å². The number of hydrogen-bond donors (Lipinski definition) is 1. The van der Waals surface area contributed by atoms with Crippen LogP contribution < -0.4 is 5.73 Å². The van der Waals surface area contributed by atoms with Gasteiger partial charge in [0.05, 0.1) is 17.4 Å². The molecule has 2 heterocycles. The molecule has 0 aromatic carbocycles. The predicted molar refractivity (Wildman–Crippen MR) is 64.2 cm³/mol. The number of primary amides is 1. The van der Waals surface area contributed by atoms with Crippen LogP contribution in [0.15, 0.2) is 48.0 Å². The lowest BCUT2D eigenvalue weighted by Crippen LogP contribution is -2.11. The van der Waals surface area contributed by atoms with Crippen molar-refractivity contribution in [3.8, 4) is 0 Å². The van der Waals surface area contributed by atoms with E-state index in [4.69, 9.17) is 5.73 Å². The van der Waals surface area contributed by atoms with Crippen molar-refractivity contribution in [1.82, 2.24) is 9.97 Å². The van der Waals surface area contributed by atoms with Gasteiger partial charge in [-0.15, -0.1) is 0 Å². The molecule has 17 heavy (non-hydrogen) atoms. The number of carbonyl (C=O) groups excluding carboxylic acids is 1. The Labute approximate surface area is 98.1 Å². The van der Waals surface area contributed by atoms with Crippen molar-refractivity contribution in [2.24, 2.45) is 10.7 Å². The molecule has 0 aliphatic rings. The van der Waals surface area contributed by atoms with Crippen molar-refractivity contribution in [3.63, 3.8) is 0 Å². The smallest absolute Gasteiger partial charge is 0.251 e. The van der Waals surface area contributed by atoms with Gasteiger partial charge in [-0.25, -0.2) is 0 Å². The lowest BCUT2D eigenvalue weighted by Gasteiger charge is -1.99. The minimum absolute atomic E-state index is 0.352. The molecule has 0 aliphatic heterocycles. The summed E-state index contributed by atoms with van der Waals surface area (Å²) in [6, 6.07) is 5.16. The first-order valence-electron chi connectivity index (χ1n) is 4.95. The molecule has 0 atom stereocenters. The highest BCUT2D eigenvalue weighted by Gasteiger charge is 2.05. The third-order valence-corrected chi connectivity index (χ3v) is 2.12. The zero-order valence-electron chi connectivity index (χ0n) is 8.95. The van der Waals surface area contributed by atoms with Crippen molar-refractivity contribution in [1.29, 1.82) is 0 Å². The van der Waals surface area contributed by atoms with Crippen molar-refractivity contribution < 1.29 is 4.79 Å². The second-order valence-corrected chi connectivity index (χ2v) is 3.30. The van der Waals surface area contributed by atoms with Gasteiger partial charge in [-0.05, 0) is 23.8 Å². The summed E-state index contributed by atoms with van der Waals surface area (Å²) in [5.74, 6) is -0.519. The fraction of sp³-hybridized carbons (Fsp3) is 0. The average Bonchev–Trinajstić information content (AvgIpc) is 2.38. The van der Waals surface area contributed by atoms with Gasteiger partial charge in [-0.1, -0.05) is 0 Å². The zero-order valence-corrected chi connectivity index (χ0v) is 8.95. The van der Waals surface area contributed by atoms with Crippen LogP contribution in [0.4, 0.5) is 5.69 Å². The second kappa shape index (κ2) is 4.98. The van der Waals surface area contributed by atoms with E-state index in [0.29, 0.717) is 11.3 Å². The number of nitrogens with two attached hydrogens (primary N) is 1. The molecule has 2 rings (SSSR count). The average molecular weight is 226 g/mol. The number of aliphatic imine (C=N–C) groups is 1. The van der Waals surface area contributed by atoms with Crippen LogP contribution in [0.1, 0.15) is 15.9 Å². The van der Waals surface area contributed by atoms with Crippen LogP contribution in [0.5, 0.6) is 0 Å². The summed E-state index contributed by atoms with van der Waals surface area (Å²) >= 11 is 0. The molecule has 0 bridgehead atoms. The summed E-state index contributed by atoms with van der Waals surface area (Å²) in [5.41, 5.74) is 6.93. The minimum Gasteiger partial charge on any atom is -0.366 e. The highest BCUT2D eigenvalue weighted by atomic mass is 16.1. The van der Waals surface area contributed by atoms with Crippen molar-refractivity contribution in [3.05, 3.63) is 54.1 Å². The van der Waals surface area contributed by atoms with Crippen LogP contribution in [0.2, 0.25) is 0 Å². The van der Waals surface area contributed by atoms with Gasteiger partial charge in [0.2, 0.25) is 0 Å². The summed E-state index contributed by atoms with van der Waals surface area (Å²) in [7, 11) is 0. The van der Waals surface area contributed by atoms with E-state index in [9.17, 15) is 4.79 Å². The summed E-state index contributed by atoms with van der Waals surface area (Å²) in [6.45, 7) is 0. The summed E-state index contributed by atoms with van der Waals surface area (Å²) in [6.07, 6.45) is 7.97. The molecular weight excluding hydrogens is 216 g/mol. The first-order valence-corrected chi connectivity index (χ1v) is 4.95. The Balaban J connectivity index is 2.30. The topological polar surface area (TPSA) is 81.2 Å². The molecule has 1 amide bonds. The highest BCUT2D eigenvalue weighted by Crippen LogP contribution is 2.16. The van der Waals surface area contributed by atoms with E-state index in [1.54, 1.807) is 24.7 Å². The number of aromatic nitrogens is 2. The van der Waals surface area contributed by atoms with Crippen molar-refractivity contribution in [2.75, 3.05) is 0 Å². The Morgan fingerprint density at radius 1 is 1.18 bits per heavy atom. The standard InChI is InChI=1S/C12H10N4O/c13-12(17)10-3-6-15-8-11(10)16-7-9-1-4-14-5-2-9/h1-8H,(H2,13,17). The van der Waals surface area contributed by atoms with Gasteiger partial charge in [0.1, 0.15) is 0 Å². The van der Waals surface area contributed by atoms with Gasteiger partial charge >= 0.3 is 0 Å². The quantitative estimate of drug-likeness (QED) is 0.801. The Morgan fingerprint density at radius 2 is 1.88 bits per heavy atom. The van der Waals surface area contributed by atoms with Crippen LogP contribution in [-0.2, 0) is 0 Å². The predicted octanol–water partition coefficient (Wildman–Crippen LogP) is 1.33. The van der Waals surface area contributed by atoms with Crippen LogP contribution in [0.3, 0.4) is 0 Å². The fourth-order valence-electron chi connectivity index (χ4n) is 1.29. The van der Waals surface area contributed by atoms with Gasteiger partial charge in [-0.2, -0.15) is 0 Å². The maximum atomic E-state index is 11.1. The van der Waals surface area contributed by atoms with Gasteiger partial charge in [0.25, 0.3) is 5.91 Å². The third kappa shape index (κ3) is 2.72. The molecule has 0 fully saturated rings. The molecule has 5 nitrogen and oxygen atoms in total. The van der Waals surface area contributed by atoms with Crippen molar-refractivity contribution >= 4 is 17.8 Å². The maximum absolute atomic E-state index is 11.1. The largest absolute Gasteiger partial charge is 0.366 e. The SMILES string of the molecule is NC(=O)c1ccncc1N=Cc1ccncc1. The molecule has 0 unspecified atom stereocenters. The monoisotopic (exact) mass is 226 g/mol. The Morgan fingerprint density at radius 3 is 2.59 bits per heavy atom. The van der Waals surface area contributed by atoms with Gasteiger partial charge in [0.15, 0.2) is 0 Å². The zero-order chi connectivity index (χ0) is 12.1. The van der Waals surface area contributed by atoms with Crippen LogP contribution in [0, 0.1) is 0 Å². The Bertz CT molecular complexity index is 551. The number of carbonyl (C=O) groups is 1. The summed E-state index contributed by atoms with van der Waals surface area (Å²) in [5, 5.41) is 0. The minimum atomic E-state index is -0.519. The van der Waals surface area contributed by atoms with E-state index in [0.717, 1.165) is 5.56 Å². The number of rotatable bonds is 3. The molecule has 2 N–H and O–H groups in total. The highest BCUT2D eigenvalue weighted by molar-refractivity contribution is 5.98. The van der Waals surface area contributed by atoms with E-state index in [-0.39, 0.29) is 0 Å². The molecular formula is C12H10N4O. The van der Waals surface area contributed by atoms with E-state index < -0.39 is 5.91 Å². The molecule has 0 spiro atoms. The van der Waals surface area contributed by atoms with Crippen LogP contribution in [-0.4, -0.2) is 22.1 Å². The number of amides is 1. The number of nitrogens with zero attached hydrogens (tertiary/aromatic N) is 3. The molecule has 0 radical (unpaired) electrons. The fourth-order valence-corrected chi connectivity index (χ4v) is 1.29. The maximum Gasteiger partial charge on any atom is 0.251 e. The number of hydrogen-bond acceptors (Lipinski definition) is 4. The third-order valence-electron chi connectivity index (χ3n) is 2.12. The second-order valence-electron chi connectivity index (χ2n) is 3.30. The van der Waals surface area contributed by atoms with Crippen LogP contribution >= 0.6 is 0 Å². The normalized spacial score (nSPS) is 10.6. The summed E-state index contributed by atoms with van der Waals surface area (Å²) in [4.78, 5) is 23.1. The lowest BCUT2D eigenvalue weighted by molar-refractivity contribution is 0.100. The molecule has 0 aliphatic carbocycles. The molecule has 2 aromatic rings. The van der Waals surface area contributed by atoms with E-state index in [2.05, 4.69) is 15.0 Å². The van der Waals surface area contributed by atoms with E-state index in [1.807, 2.05) is 12.1 Å². The number of pyridine rings is 2.